The Labute approximate surface area is 89.9 Å². The average Bonchev–Trinajstić information content (AvgIpc) is 2.03. The quantitative estimate of drug-likeness (QED) is 0.720. The van der Waals surface area contributed by atoms with Gasteiger partial charge in [-0.05, 0) is 13.8 Å². The summed E-state index contributed by atoms with van der Waals surface area (Å²) in [4.78, 5) is 0. The van der Waals surface area contributed by atoms with Crippen molar-refractivity contribution in [3.8, 4) is 0 Å². The molecule has 0 aromatic carbocycles. The van der Waals surface area contributed by atoms with Crippen LogP contribution in [0.4, 0.5) is 0 Å². The Morgan fingerprint density at radius 2 is 2.00 bits per heavy atom. The third kappa shape index (κ3) is 3.56. The maximum absolute atomic E-state index is 6.13. The van der Waals surface area contributed by atoms with E-state index in [1.54, 1.807) is 0 Å². The highest BCUT2D eigenvalue weighted by molar-refractivity contribution is 8.07. The molecule has 76 valence electrons. The highest BCUT2D eigenvalue weighted by Crippen LogP contribution is 2.32. The van der Waals surface area contributed by atoms with Gasteiger partial charge in [0.1, 0.15) is 0 Å². The summed E-state index contributed by atoms with van der Waals surface area (Å²) in [5.41, 5.74) is 7.46. The van der Waals surface area contributed by atoms with Crippen molar-refractivity contribution in [2.24, 2.45) is 5.73 Å². The van der Waals surface area contributed by atoms with Gasteiger partial charge in [0.25, 0.3) is 0 Å². The van der Waals surface area contributed by atoms with Crippen molar-refractivity contribution in [2.75, 3.05) is 11.5 Å². The van der Waals surface area contributed by atoms with Gasteiger partial charge in [0.05, 0.1) is 0 Å². The Balaban J connectivity index is 2.53. The van der Waals surface area contributed by atoms with Crippen molar-refractivity contribution in [3.05, 3.63) is 11.6 Å². The molecule has 1 nitrogen and oxygen atoms in total. The van der Waals surface area contributed by atoms with Crippen LogP contribution in [0.3, 0.4) is 0 Å². The average molecular weight is 217 g/mol. The molecule has 3 unspecified atom stereocenters. The highest BCUT2D eigenvalue weighted by atomic mass is 32.2. The number of thioether (sulfide) groups is 2. The molecule has 3 atom stereocenters. The van der Waals surface area contributed by atoms with Gasteiger partial charge in [0.15, 0.2) is 0 Å². The lowest BCUT2D eigenvalue weighted by Crippen LogP contribution is -2.39. The van der Waals surface area contributed by atoms with Crippen LogP contribution in [0.2, 0.25) is 0 Å². The van der Waals surface area contributed by atoms with Crippen molar-refractivity contribution in [2.45, 2.75) is 37.3 Å². The molecule has 0 spiro atoms. The molecule has 0 radical (unpaired) electrons. The molecule has 3 heteroatoms. The molecule has 0 aromatic rings. The molecule has 1 rings (SSSR count). The predicted molar refractivity (Wildman–Crippen MR) is 65.6 cm³/mol. The van der Waals surface area contributed by atoms with Gasteiger partial charge in [-0.25, -0.2) is 0 Å². The lowest BCUT2D eigenvalue weighted by atomic mass is 10.1. The first-order chi connectivity index (χ1) is 6.11. The second kappa shape index (κ2) is 5.32. The maximum Gasteiger partial charge on any atom is 0.0357 e. The van der Waals surface area contributed by atoms with E-state index in [0.717, 1.165) is 0 Å². The summed E-state index contributed by atoms with van der Waals surface area (Å²) in [6, 6.07) is 0.234. The van der Waals surface area contributed by atoms with Crippen LogP contribution in [0.15, 0.2) is 11.6 Å². The molecule has 1 fully saturated rings. The molecule has 0 saturated carbocycles. The van der Waals surface area contributed by atoms with Gasteiger partial charge in [-0.1, -0.05) is 18.6 Å². The molecular formula is C10H19NS2. The SMILES string of the molecule is CC(C)=CC(N)C1SCCSC1C. The molecule has 1 aliphatic heterocycles. The maximum atomic E-state index is 6.13. The minimum atomic E-state index is 0.234. The fraction of sp³-hybridized carbons (Fsp3) is 0.800. The summed E-state index contributed by atoms with van der Waals surface area (Å²) >= 11 is 4.08. The molecule has 1 saturated heterocycles. The summed E-state index contributed by atoms with van der Waals surface area (Å²) in [7, 11) is 0. The third-order valence-corrected chi connectivity index (χ3v) is 5.38. The second-order valence-electron chi connectivity index (χ2n) is 3.73. The zero-order chi connectivity index (χ0) is 9.84. The van der Waals surface area contributed by atoms with Crippen molar-refractivity contribution >= 4 is 23.5 Å². The van der Waals surface area contributed by atoms with Crippen LogP contribution >= 0.6 is 23.5 Å². The van der Waals surface area contributed by atoms with E-state index in [1.165, 1.54) is 17.1 Å². The lowest BCUT2D eigenvalue weighted by molar-refractivity contribution is 0.727. The van der Waals surface area contributed by atoms with Gasteiger partial charge in [-0.2, -0.15) is 23.5 Å². The van der Waals surface area contributed by atoms with Crippen LogP contribution in [-0.4, -0.2) is 28.0 Å². The fourth-order valence-electron chi connectivity index (χ4n) is 1.55. The standard InChI is InChI=1S/C10H19NS2/c1-7(2)6-9(11)10-8(3)12-4-5-13-10/h6,8-10H,4-5,11H2,1-3H3. The van der Waals surface area contributed by atoms with E-state index < -0.39 is 0 Å². The lowest BCUT2D eigenvalue weighted by Gasteiger charge is -2.31. The van der Waals surface area contributed by atoms with Gasteiger partial charge in [-0.3, -0.25) is 0 Å². The van der Waals surface area contributed by atoms with Crippen LogP contribution in [0.1, 0.15) is 20.8 Å². The minimum Gasteiger partial charge on any atom is -0.323 e. The van der Waals surface area contributed by atoms with Gasteiger partial charge < -0.3 is 5.73 Å². The van der Waals surface area contributed by atoms with Gasteiger partial charge in [-0.15, -0.1) is 0 Å². The summed E-state index contributed by atoms with van der Waals surface area (Å²) in [6.07, 6.45) is 2.19. The van der Waals surface area contributed by atoms with Gasteiger partial charge in [0.2, 0.25) is 0 Å². The number of allylic oxidation sites excluding steroid dienone is 1. The number of nitrogens with two attached hydrogens (primary N) is 1. The Morgan fingerprint density at radius 1 is 1.38 bits per heavy atom. The zero-order valence-electron chi connectivity index (χ0n) is 8.62. The fourth-order valence-corrected chi connectivity index (χ4v) is 4.38. The van der Waals surface area contributed by atoms with Crippen LogP contribution in [-0.2, 0) is 0 Å². The van der Waals surface area contributed by atoms with Gasteiger partial charge in [0, 0.05) is 28.0 Å². The second-order valence-corrected chi connectivity index (χ2v) is 6.50. The monoisotopic (exact) mass is 217 g/mol. The minimum absolute atomic E-state index is 0.234. The number of hydrogen-bond acceptors (Lipinski definition) is 3. The molecule has 13 heavy (non-hydrogen) atoms. The van der Waals surface area contributed by atoms with Crippen molar-refractivity contribution in [1.29, 1.82) is 0 Å². The Kier molecular flexibility index (Phi) is 4.70. The van der Waals surface area contributed by atoms with E-state index in [0.29, 0.717) is 10.5 Å². The smallest absolute Gasteiger partial charge is 0.0357 e. The first-order valence-electron chi connectivity index (χ1n) is 4.75. The van der Waals surface area contributed by atoms with E-state index in [1.807, 2.05) is 11.8 Å². The van der Waals surface area contributed by atoms with E-state index in [4.69, 9.17) is 5.73 Å². The normalized spacial score (nSPS) is 31.1. The summed E-state index contributed by atoms with van der Waals surface area (Å²) < 4.78 is 0. The van der Waals surface area contributed by atoms with Crippen molar-refractivity contribution in [3.63, 3.8) is 0 Å². The first-order valence-corrected chi connectivity index (χ1v) is 6.85. The molecule has 2 N–H and O–H groups in total. The van der Waals surface area contributed by atoms with E-state index in [-0.39, 0.29) is 6.04 Å². The largest absolute Gasteiger partial charge is 0.323 e. The van der Waals surface area contributed by atoms with Crippen LogP contribution in [0.25, 0.3) is 0 Å². The van der Waals surface area contributed by atoms with Crippen LogP contribution < -0.4 is 5.73 Å². The number of hydrogen-bond donors (Lipinski definition) is 1. The van der Waals surface area contributed by atoms with Crippen LogP contribution in [0, 0.1) is 0 Å². The summed E-state index contributed by atoms with van der Waals surface area (Å²) in [5, 5.41) is 1.30. The first kappa shape index (κ1) is 11.5. The van der Waals surface area contributed by atoms with E-state index in [2.05, 4.69) is 38.6 Å². The summed E-state index contributed by atoms with van der Waals surface area (Å²) in [5.74, 6) is 2.54. The topological polar surface area (TPSA) is 26.0 Å². The highest BCUT2D eigenvalue weighted by Gasteiger charge is 2.26. The molecule has 0 aromatic heterocycles. The summed E-state index contributed by atoms with van der Waals surface area (Å²) in [6.45, 7) is 6.52. The number of rotatable bonds is 2. The zero-order valence-corrected chi connectivity index (χ0v) is 10.3. The third-order valence-electron chi connectivity index (χ3n) is 2.14. The molecule has 0 aliphatic carbocycles. The Bertz CT molecular complexity index is 187. The van der Waals surface area contributed by atoms with Crippen LogP contribution in [0.5, 0.6) is 0 Å². The molecule has 1 aliphatic rings. The predicted octanol–water partition coefficient (Wildman–Crippen LogP) is 2.52. The van der Waals surface area contributed by atoms with E-state index >= 15 is 0 Å². The molecule has 0 amide bonds. The van der Waals surface area contributed by atoms with Gasteiger partial charge >= 0.3 is 0 Å². The van der Waals surface area contributed by atoms with E-state index in [9.17, 15) is 0 Å². The molecule has 0 bridgehead atoms. The molecule has 1 heterocycles. The van der Waals surface area contributed by atoms with Crippen molar-refractivity contribution in [1.82, 2.24) is 0 Å². The Morgan fingerprint density at radius 3 is 2.54 bits per heavy atom. The van der Waals surface area contributed by atoms with Crippen molar-refractivity contribution < 1.29 is 0 Å². The Hall–Kier alpha value is 0.400. The molecular weight excluding hydrogens is 198 g/mol.